The lowest BCUT2D eigenvalue weighted by molar-refractivity contribution is 0.414. The van der Waals surface area contributed by atoms with Gasteiger partial charge in [0, 0.05) is 5.56 Å². The standard InChI is InChI=1S/C38H32N2O2/c1-41-33-22-18-31(19-23-33)39-40(32-20-24-34(42-2)25-21-32)36-27-26-35(28-12-6-3-7-13-28)37(29-14-8-4-9-15-29)38(36)30-16-10-5-11-17-30/h3-27,39H,1-2H3. The molecule has 42 heavy (non-hydrogen) atoms. The Morgan fingerprint density at radius 2 is 0.929 bits per heavy atom. The molecule has 0 aromatic heterocycles. The second-order valence-electron chi connectivity index (χ2n) is 9.85. The molecule has 0 fully saturated rings. The molecule has 0 aliphatic carbocycles. The van der Waals surface area contributed by atoms with E-state index in [0.29, 0.717) is 0 Å². The van der Waals surface area contributed by atoms with Crippen LogP contribution in [0.25, 0.3) is 33.4 Å². The summed E-state index contributed by atoms with van der Waals surface area (Å²) < 4.78 is 10.9. The van der Waals surface area contributed by atoms with Crippen LogP contribution >= 0.6 is 0 Å². The van der Waals surface area contributed by atoms with Gasteiger partial charge in [0.05, 0.1) is 31.3 Å². The number of ether oxygens (including phenoxy) is 2. The van der Waals surface area contributed by atoms with Gasteiger partial charge in [-0.25, -0.2) is 0 Å². The number of nitrogens with zero attached hydrogens (tertiary/aromatic N) is 1. The lowest BCUT2D eigenvalue weighted by atomic mass is 9.86. The highest BCUT2D eigenvalue weighted by atomic mass is 16.5. The summed E-state index contributed by atoms with van der Waals surface area (Å²) in [5.74, 6) is 1.61. The molecule has 6 rings (SSSR count). The maximum atomic E-state index is 5.48. The number of benzene rings is 6. The zero-order valence-electron chi connectivity index (χ0n) is 23.7. The van der Waals surface area contributed by atoms with Gasteiger partial charge in [-0.2, -0.15) is 0 Å². The number of hydrogen-bond donors (Lipinski definition) is 1. The lowest BCUT2D eigenvalue weighted by Gasteiger charge is -2.31. The van der Waals surface area contributed by atoms with Crippen LogP contribution in [0.15, 0.2) is 152 Å². The lowest BCUT2D eigenvalue weighted by Crippen LogP contribution is -2.25. The van der Waals surface area contributed by atoms with Crippen molar-refractivity contribution in [1.29, 1.82) is 0 Å². The highest BCUT2D eigenvalue weighted by molar-refractivity contribution is 6.01. The molecule has 0 saturated carbocycles. The van der Waals surface area contributed by atoms with Crippen LogP contribution in [-0.2, 0) is 0 Å². The first kappa shape index (κ1) is 26.7. The number of methoxy groups -OCH3 is 2. The Morgan fingerprint density at radius 3 is 1.45 bits per heavy atom. The highest BCUT2D eigenvalue weighted by Gasteiger charge is 2.23. The molecule has 0 spiro atoms. The number of hydrazine groups is 1. The van der Waals surface area contributed by atoms with E-state index in [9.17, 15) is 0 Å². The summed E-state index contributed by atoms with van der Waals surface area (Å²) in [5.41, 5.74) is 13.5. The van der Waals surface area contributed by atoms with E-state index < -0.39 is 0 Å². The molecular formula is C38H32N2O2. The fraction of sp³-hybridized carbons (Fsp3) is 0.0526. The van der Waals surface area contributed by atoms with Crippen molar-refractivity contribution >= 4 is 17.1 Å². The van der Waals surface area contributed by atoms with Crippen LogP contribution in [0.5, 0.6) is 11.5 Å². The first-order valence-corrected chi connectivity index (χ1v) is 13.9. The van der Waals surface area contributed by atoms with Crippen molar-refractivity contribution in [3.05, 3.63) is 152 Å². The fourth-order valence-electron chi connectivity index (χ4n) is 5.23. The Morgan fingerprint density at radius 1 is 0.452 bits per heavy atom. The van der Waals surface area contributed by atoms with Crippen molar-refractivity contribution in [3.63, 3.8) is 0 Å². The van der Waals surface area contributed by atoms with Crippen molar-refractivity contribution in [2.45, 2.75) is 0 Å². The summed E-state index contributed by atoms with van der Waals surface area (Å²) >= 11 is 0. The van der Waals surface area contributed by atoms with Gasteiger partial charge in [-0.1, -0.05) is 97.1 Å². The summed E-state index contributed by atoms with van der Waals surface area (Å²) in [6.45, 7) is 0. The molecule has 4 nitrogen and oxygen atoms in total. The van der Waals surface area contributed by atoms with Gasteiger partial charge in [-0.15, -0.1) is 0 Å². The van der Waals surface area contributed by atoms with Gasteiger partial charge in [0.25, 0.3) is 0 Å². The maximum Gasteiger partial charge on any atom is 0.119 e. The SMILES string of the molecule is COc1ccc(NN(c2ccc(OC)cc2)c2ccc(-c3ccccc3)c(-c3ccccc3)c2-c2ccccc2)cc1. The van der Waals surface area contributed by atoms with E-state index in [2.05, 4.69) is 126 Å². The van der Waals surface area contributed by atoms with Crippen molar-refractivity contribution in [2.75, 3.05) is 24.7 Å². The number of nitrogens with one attached hydrogen (secondary N) is 1. The zero-order chi connectivity index (χ0) is 28.7. The molecule has 6 aromatic rings. The Balaban J connectivity index is 1.64. The van der Waals surface area contributed by atoms with Crippen molar-refractivity contribution in [2.24, 2.45) is 0 Å². The van der Waals surface area contributed by atoms with Crippen LogP contribution in [0.3, 0.4) is 0 Å². The molecule has 0 aliphatic rings. The summed E-state index contributed by atoms with van der Waals surface area (Å²) in [4.78, 5) is 0. The average molecular weight is 549 g/mol. The Kier molecular flexibility index (Phi) is 7.87. The van der Waals surface area contributed by atoms with Crippen LogP contribution in [0.1, 0.15) is 0 Å². The molecule has 0 bridgehead atoms. The molecule has 0 aliphatic heterocycles. The van der Waals surface area contributed by atoms with Gasteiger partial charge >= 0.3 is 0 Å². The third-order valence-corrected chi connectivity index (χ3v) is 7.30. The normalized spacial score (nSPS) is 10.6. The van der Waals surface area contributed by atoms with E-state index in [1.54, 1.807) is 14.2 Å². The predicted molar refractivity (Wildman–Crippen MR) is 174 cm³/mol. The van der Waals surface area contributed by atoms with E-state index in [-0.39, 0.29) is 0 Å². The smallest absolute Gasteiger partial charge is 0.119 e. The molecule has 0 saturated heterocycles. The minimum Gasteiger partial charge on any atom is -0.497 e. The van der Waals surface area contributed by atoms with Crippen molar-refractivity contribution in [1.82, 2.24) is 0 Å². The van der Waals surface area contributed by atoms with E-state index >= 15 is 0 Å². The number of anilines is 3. The fourth-order valence-corrected chi connectivity index (χ4v) is 5.23. The molecule has 0 amide bonds. The summed E-state index contributed by atoms with van der Waals surface area (Å²) in [6.07, 6.45) is 0. The van der Waals surface area contributed by atoms with Crippen LogP contribution < -0.4 is 19.9 Å². The quantitative estimate of drug-likeness (QED) is 0.182. The summed E-state index contributed by atoms with van der Waals surface area (Å²) in [7, 11) is 3.36. The third kappa shape index (κ3) is 5.56. The molecule has 0 atom stereocenters. The Hall–Kier alpha value is -5.48. The van der Waals surface area contributed by atoms with Gasteiger partial charge in [0.1, 0.15) is 11.5 Å². The Bertz CT molecular complexity index is 1740. The number of hydrogen-bond acceptors (Lipinski definition) is 4. The zero-order valence-corrected chi connectivity index (χ0v) is 23.7. The minimum absolute atomic E-state index is 0.802. The van der Waals surface area contributed by atoms with E-state index in [4.69, 9.17) is 9.47 Å². The largest absolute Gasteiger partial charge is 0.497 e. The van der Waals surface area contributed by atoms with Gasteiger partial charge < -0.3 is 9.47 Å². The molecule has 206 valence electrons. The van der Waals surface area contributed by atoms with Gasteiger partial charge in [0.2, 0.25) is 0 Å². The van der Waals surface area contributed by atoms with Crippen LogP contribution in [0.4, 0.5) is 17.1 Å². The van der Waals surface area contributed by atoms with Crippen LogP contribution in [0.2, 0.25) is 0 Å². The second kappa shape index (κ2) is 12.4. The molecule has 4 heteroatoms. The molecular weight excluding hydrogens is 516 g/mol. The molecule has 1 N–H and O–H groups in total. The van der Waals surface area contributed by atoms with Crippen molar-refractivity contribution in [3.8, 4) is 44.9 Å². The van der Waals surface area contributed by atoms with E-state index in [1.165, 1.54) is 16.7 Å². The van der Waals surface area contributed by atoms with Gasteiger partial charge in [0.15, 0.2) is 0 Å². The van der Waals surface area contributed by atoms with E-state index in [1.807, 2.05) is 36.4 Å². The predicted octanol–water partition coefficient (Wildman–Crippen LogP) is 9.87. The van der Waals surface area contributed by atoms with Crippen LogP contribution in [0, 0.1) is 0 Å². The van der Waals surface area contributed by atoms with Crippen LogP contribution in [-0.4, -0.2) is 14.2 Å². The second-order valence-corrected chi connectivity index (χ2v) is 9.85. The Labute approximate surface area is 247 Å². The monoisotopic (exact) mass is 548 g/mol. The topological polar surface area (TPSA) is 33.7 Å². The molecule has 0 radical (unpaired) electrons. The maximum absolute atomic E-state index is 5.48. The molecule has 0 unspecified atom stereocenters. The highest BCUT2D eigenvalue weighted by Crippen LogP contribution is 2.47. The molecule has 6 aromatic carbocycles. The third-order valence-electron chi connectivity index (χ3n) is 7.30. The van der Waals surface area contributed by atoms with Crippen molar-refractivity contribution < 1.29 is 9.47 Å². The first-order valence-electron chi connectivity index (χ1n) is 13.9. The minimum atomic E-state index is 0.802. The number of rotatable bonds is 9. The first-order chi connectivity index (χ1) is 20.7. The van der Waals surface area contributed by atoms with Gasteiger partial charge in [-0.05, 0) is 82.4 Å². The average Bonchev–Trinajstić information content (AvgIpc) is 3.08. The summed E-state index contributed by atoms with van der Waals surface area (Å²) in [6, 6.07) is 52.3. The van der Waals surface area contributed by atoms with E-state index in [0.717, 1.165) is 45.3 Å². The molecule has 0 heterocycles. The van der Waals surface area contributed by atoms with Gasteiger partial charge in [-0.3, -0.25) is 10.4 Å². The summed E-state index contributed by atoms with van der Waals surface area (Å²) in [5, 5.41) is 2.14.